The molecule has 5 rings (SSSR count). The van der Waals surface area contributed by atoms with Gasteiger partial charge in [-0.1, -0.05) is 67.6 Å². The number of aromatic nitrogens is 3. The predicted octanol–water partition coefficient (Wildman–Crippen LogP) is 5.81. The molecule has 0 saturated heterocycles. The van der Waals surface area contributed by atoms with Gasteiger partial charge in [0.25, 0.3) is 0 Å². The number of rotatable bonds is 9. The molecule has 0 bridgehead atoms. The first-order valence-corrected chi connectivity index (χ1v) is 13.1. The van der Waals surface area contributed by atoms with E-state index in [0.29, 0.717) is 13.0 Å². The highest BCUT2D eigenvalue weighted by molar-refractivity contribution is 7.99. The average molecular weight is 475 g/mol. The third kappa shape index (κ3) is 4.89. The van der Waals surface area contributed by atoms with E-state index in [1.165, 1.54) is 5.56 Å². The number of hydrogen-bond donors (Lipinski definition) is 1. The molecule has 0 saturated carbocycles. The lowest BCUT2D eigenvalue weighted by Crippen LogP contribution is -2.31. The molecule has 34 heavy (non-hydrogen) atoms. The number of carbonyl (C=O) groups excluding carboxylic acids is 1. The Morgan fingerprint density at radius 3 is 2.74 bits per heavy atom. The first kappa shape index (κ1) is 22.7. The van der Waals surface area contributed by atoms with E-state index in [1.54, 1.807) is 11.8 Å². The highest BCUT2D eigenvalue weighted by Crippen LogP contribution is 2.40. The molecule has 1 aliphatic carbocycles. The molecule has 2 aromatic carbocycles. The van der Waals surface area contributed by atoms with Gasteiger partial charge in [0.15, 0.2) is 5.78 Å². The van der Waals surface area contributed by atoms with Gasteiger partial charge in [-0.25, -0.2) is 4.68 Å². The molecule has 176 valence electrons. The lowest BCUT2D eigenvalue weighted by Gasteiger charge is -2.32. The van der Waals surface area contributed by atoms with Crippen LogP contribution in [0.25, 0.3) is 0 Å². The lowest BCUT2D eigenvalue weighted by molar-refractivity contribution is -0.116. The van der Waals surface area contributed by atoms with Crippen LogP contribution in [0.4, 0.5) is 5.95 Å². The smallest absolute Gasteiger partial charge is 0.227 e. The Morgan fingerprint density at radius 1 is 1.12 bits per heavy atom. The lowest BCUT2D eigenvalue weighted by atomic mass is 9.85. The minimum absolute atomic E-state index is 0.197. The number of anilines is 1. The summed E-state index contributed by atoms with van der Waals surface area (Å²) in [5.41, 5.74) is 4.10. The van der Waals surface area contributed by atoms with Gasteiger partial charge in [-0.2, -0.15) is 4.98 Å². The zero-order valence-corrected chi connectivity index (χ0v) is 20.3. The van der Waals surface area contributed by atoms with E-state index in [-0.39, 0.29) is 11.8 Å². The highest BCUT2D eigenvalue weighted by atomic mass is 32.2. The second-order valence-electron chi connectivity index (χ2n) is 8.71. The molecular formula is C27H30N4O2S. The largest absolute Gasteiger partial charge is 0.493 e. The number of ketones is 1. The summed E-state index contributed by atoms with van der Waals surface area (Å²) < 4.78 is 7.87. The van der Waals surface area contributed by atoms with E-state index >= 15 is 0 Å². The van der Waals surface area contributed by atoms with E-state index < -0.39 is 0 Å². The molecule has 1 unspecified atom stereocenters. The number of thioether (sulfide) groups is 1. The third-order valence-electron chi connectivity index (χ3n) is 6.28. The summed E-state index contributed by atoms with van der Waals surface area (Å²) in [7, 11) is 0. The molecule has 6 nitrogen and oxygen atoms in total. The van der Waals surface area contributed by atoms with Crippen LogP contribution >= 0.6 is 11.8 Å². The quantitative estimate of drug-likeness (QED) is 0.312. The summed E-state index contributed by atoms with van der Waals surface area (Å²) in [5.74, 6) is 2.74. The summed E-state index contributed by atoms with van der Waals surface area (Å²) in [6, 6.07) is 18.2. The summed E-state index contributed by atoms with van der Waals surface area (Å²) in [4.78, 5) is 17.7. The van der Waals surface area contributed by atoms with Crippen molar-refractivity contribution in [2.24, 2.45) is 0 Å². The summed E-state index contributed by atoms with van der Waals surface area (Å²) in [5, 5.41) is 8.96. The van der Waals surface area contributed by atoms with Gasteiger partial charge in [0, 0.05) is 29.9 Å². The van der Waals surface area contributed by atoms with Gasteiger partial charge in [-0.3, -0.25) is 4.79 Å². The SMILES string of the molecule is CCCCSc1nc2n(n1)C(c1ccc(OCCc3ccccc3)cc1)C1=C(CCCC1=O)N2. The number of Topliss-reactive ketones (excluding diaryl/α,β-unsaturated/α-hetero) is 1. The Kier molecular flexibility index (Phi) is 7.00. The maximum atomic E-state index is 13.0. The van der Waals surface area contributed by atoms with Crippen LogP contribution in [0.1, 0.15) is 56.2 Å². The fourth-order valence-corrected chi connectivity index (χ4v) is 5.40. The third-order valence-corrected chi connectivity index (χ3v) is 7.20. The first-order valence-electron chi connectivity index (χ1n) is 12.1. The molecule has 0 fully saturated rings. The molecule has 1 N–H and O–H groups in total. The van der Waals surface area contributed by atoms with Crippen molar-refractivity contribution < 1.29 is 9.53 Å². The van der Waals surface area contributed by atoms with Gasteiger partial charge >= 0.3 is 0 Å². The van der Waals surface area contributed by atoms with E-state index in [2.05, 4.69) is 36.5 Å². The molecule has 0 radical (unpaired) electrons. The summed E-state index contributed by atoms with van der Waals surface area (Å²) >= 11 is 1.67. The summed E-state index contributed by atoms with van der Waals surface area (Å²) in [6.45, 7) is 2.80. The number of ether oxygens (including phenoxy) is 1. The monoisotopic (exact) mass is 474 g/mol. The van der Waals surface area contributed by atoms with Crippen molar-refractivity contribution in [1.82, 2.24) is 14.8 Å². The van der Waals surface area contributed by atoms with Crippen LogP contribution < -0.4 is 10.1 Å². The van der Waals surface area contributed by atoms with Crippen molar-refractivity contribution in [1.29, 1.82) is 0 Å². The predicted molar refractivity (Wildman–Crippen MR) is 135 cm³/mol. The first-order chi connectivity index (χ1) is 16.7. The van der Waals surface area contributed by atoms with Crippen LogP contribution in [0, 0.1) is 0 Å². The average Bonchev–Trinajstić information content (AvgIpc) is 3.27. The van der Waals surface area contributed by atoms with Gasteiger partial charge in [0.2, 0.25) is 11.1 Å². The van der Waals surface area contributed by atoms with Crippen molar-refractivity contribution in [2.75, 3.05) is 17.7 Å². The standard InChI is InChI=1S/C27H30N4O2S/c1-2-3-18-34-27-29-26-28-22-10-7-11-23(32)24(22)25(31(26)30-27)20-12-14-21(15-13-20)33-17-16-19-8-5-4-6-9-19/h4-6,8-9,12-15,25H,2-3,7,10-11,16-18H2,1H3,(H,28,29,30). The van der Waals surface area contributed by atoms with Crippen molar-refractivity contribution >= 4 is 23.5 Å². The zero-order chi connectivity index (χ0) is 23.3. The van der Waals surface area contributed by atoms with Gasteiger partial charge in [-0.05, 0) is 42.5 Å². The van der Waals surface area contributed by atoms with E-state index in [1.807, 2.05) is 35.0 Å². The molecule has 1 aromatic heterocycles. The number of hydrogen-bond acceptors (Lipinski definition) is 6. The van der Waals surface area contributed by atoms with E-state index in [4.69, 9.17) is 14.8 Å². The number of fused-ring (bicyclic) bond motifs is 1. The second kappa shape index (κ2) is 10.5. The highest BCUT2D eigenvalue weighted by Gasteiger charge is 2.36. The number of nitrogens with one attached hydrogen (secondary N) is 1. The van der Waals surface area contributed by atoms with E-state index in [9.17, 15) is 4.79 Å². The van der Waals surface area contributed by atoms with Crippen LogP contribution in [-0.4, -0.2) is 32.9 Å². The fourth-order valence-electron chi connectivity index (χ4n) is 4.49. The maximum Gasteiger partial charge on any atom is 0.227 e. The number of nitrogens with zero attached hydrogens (tertiary/aromatic N) is 3. The maximum absolute atomic E-state index is 13.0. The number of benzene rings is 2. The normalized spacial score (nSPS) is 17.2. The molecule has 0 spiro atoms. The van der Waals surface area contributed by atoms with E-state index in [0.717, 1.165) is 71.5 Å². The second-order valence-corrected chi connectivity index (χ2v) is 9.78. The van der Waals surface area contributed by atoms with Crippen LogP contribution in [0.2, 0.25) is 0 Å². The Balaban J connectivity index is 1.37. The zero-order valence-electron chi connectivity index (χ0n) is 19.5. The Labute approximate surface area is 204 Å². The van der Waals surface area contributed by atoms with Crippen LogP contribution in [0.15, 0.2) is 71.0 Å². The Morgan fingerprint density at radius 2 is 1.94 bits per heavy atom. The summed E-state index contributed by atoms with van der Waals surface area (Å²) in [6.07, 6.45) is 5.46. The molecule has 2 heterocycles. The van der Waals surface area contributed by atoms with Crippen molar-refractivity contribution in [2.45, 2.75) is 56.6 Å². The molecule has 2 aliphatic rings. The molecular weight excluding hydrogens is 444 g/mol. The van der Waals surface area contributed by atoms with Crippen LogP contribution in [-0.2, 0) is 11.2 Å². The van der Waals surface area contributed by atoms with Gasteiger partial charge in [0.1, 0.15) is 11.8 Å². The fraction of sp³-hybridized carbons (Fsp3) is 0.370. The van der Waals surface area contributed by atoms with Gasteiger partial charge < -0.3 is 10.1 Å². The molecule has 1 atom stereocenters. The van der Waals surface area contributed by atoms with Crippen molar-refractivity contribution in [3.63, 3.8) is 0 Å². The van der Waals surface area contributed by atoms with Crippen LogP contribution in [0.3, 0.4) is 0 Å². The number of carbonyl (C=O) groups is 1. The topological polar surface area (TPSA) is 69.0 Å². The molecule has 3 aromatic rings. The van der Waals surface area contributed by atoms with Gasteiger partial charge in [0.05, 0.1) is 6.61 Å². The van der Waals surface area contributed by atoms with Crippen molar-refractivity contribution in [3.8, 4) is 5.75 Å². The minimum Gasteiger partial charge on any atom is -0.493 e. The molecule has 1 aliphatic heterocycles. The number of unbranched alkanes of at least 4 members (excludes halogenated alkanes) is 1. The van der Waals surface area contributed by atoms with Crippen molar-refractivity contribution in [3.05, 3.63) is 77.0 Å². The van der Waals surface area contributed by atoms with Crippen LogP contribution in [0.5, 0.6) is 5.75 Å². The van der Waals surface area contributed by atoms with Gasteiger partial charge in [-0.15, -0.1) is 5.10 Å². The number of allylic oxidation sites excluding steroid dienone is 2. The minimum atomic E-state index is -0.259. The Hall–Kier alpha value is -3.06. The molecule has 7 heteroatoms. The Bertz CT molecular complexity index is 1170. The molecule has 0 amide bonds.